The predicted octanol–water partition coefficient (Wildman–Crippen LogP) is 3.82. The number of ether oxygens (including phenoxy) is 1. The molecule has 1 N–H and O–H groups in total. The van der Waals surface area contributed by atoms with E-state index in [1.165, 1.54) is 0 Å². The highest BCUT2D eigenvalue weighted by atomic mass is 16.5. The van der Waals surface area contributed by atoms with Crippen molar-refractivity contribution in [2.45, 2.75) is 25.7 Å². The molecule has 3 aromatic rings. The number of nitrogens with one attached hydrogen (secondary N) is 1. The molecule has 1 unspecified atom stereocenters. The van der Waals surface area contributed by atoms with Gasteiger partial charge in [-0.1, -0.05) is 0 Å². The first-order valence-corrected chi connectivity index (χ1v) is 8.78. The van der Waals surface area contributed by atoms with Gasteiger partial charge in [-0.05, 0) is 43.3 Å². The Bertz CT molecular complexity index is 911. The molecule has 1 aliphatic carbocycles. The summed E-state index contributed by atoms with van der Waals surface area (Å²) in [6.07, 6.45) is 2.80. The molecule has 2 aromatic heterocycles. The van der Waals surface area contributed by atoms with Gasteiger partial charge in [-0.25, -0.2) is 4.68 Å². The van der Waals surface area contributed by atoms with E-state index in [-0.39, 0.29) is 11.7 Å². The number of anilines is 1. The van der Waals surface area contributed by atoms with E-state index in [4.69, 9.17) is 9.15 Å². The second kappa shape index (κ2) is 6.71. The topological polar surface area (TPSA) is 69.3 Å². The quantitative estimate of drug-likeness (QED) is 0.757. The molecule has 0 saturated heterocycles. The number of hydrogen-bond donors (Lipinski definition) is 1. The molecular formula is C20H21N3O3. The average Bonchev–Trinajstić information content (AvgIpc) is 3.31. The molecule has 0 aliphatic heterocycles. The summed E-state index contributed by atoms with van der Waals surface area (Å²) in [7, 11) is 1.64. The molecule has 0 bridgehead atoms. The zero-order valence-corrected chi connectivity index (χ0v) is 14.9. The van der Waals surface area contributed by atoms with E-state index >= 15 is 0 Å². The van der Waals surface area contributed by atoms with E-state index in [9.17, 15) is 4.79 Å². The second-order valence-corrected chi connectivity index (χ2v) is 6.35. The molecule has 0 saturated carbocycles. The molecular weight excluding hydrogens is 330 g/mol. The lowest BCUT2D eigenvalue weighted by atomic mass is 9.85. The predicted molar refractivity (Wildman–Crippen MR) is 98.4 cm³/mol. The number of methoxy groups -OCH3 is 1. The minimum Gasteiger partial charge on any atom is -0.497 e. The molecule has 0 radical (unpaired) electrons. The Balaban J connectivity index is 1.80. The minimum absolute atomic E-state index is 0.0353. The highest BCUT2D eigenvalue weighted by molar-refractivity contribution is 6.03. The summed E-state index contributed by atoms with van der Waals surface area (Å²) in [5.41, 5.74) is 2.52. The Hall–Kier alpha value is -3.02. The highest BCUT2D eigenvalue weighted by Gasteiger charge is 2.34. The maximum atomic E-state index is 12.9. The first kappa shape index (κ1) is 16.4. The Kier molecular flexibility index (Phi) is 4.24. The number of carbonyl (C=O) groups is 1. The van der Waals surface area contributed by atoms with Crippen molar-refractivity contribution in [2.75, 3.05) is 19.0 Å². The van der Waals surface area contributed by atoms with E-state index in [1.807, 2.05) is 48.0 Å². The van der Waals surface area contributed by atoms with E-state index in [2.05, 4.69) is 10.4 Å². The van der Waals surface area contributed by atoms with Crippen LogP contribution in [0.2, 0.25) is 0 Å². The van der Waals surface area contributed by atoms with Gasteiger partial charge in [0.2, 0.25) is 0 Å². The number of ketones is 1. The van der Waals surface area contributed by atoms with Crippen molar-refractivity contribution in [2.24, 2.45) is 0 Å². The number of Topliss-reactive ketones (excluding diaryl/α,β-unsaturated/α-hetero) is 1. The first-order chi connectivity index (χ1) is 12.7. The Morgan fingerprint density at radius 1 is 1.27 bits per heavy atom. The molecule has 0 spiro atoms. The van der Waals surface area contributed by atoms with Crippen molar-refractivity contribution in [1.29, 1.82) is 0 Å². The van der Waals surface area contributed by atoms with Gasteiger partial charge in [0.15, 0.2) is 11.6 Å². The van der Waals surface area contributed by atoms with Crippen LogP contribution in [0.4, 0.5) is 5.82 Å². The molecule has 6 nitrogen and oxygen atoms in total. The van der Waals surface area contributed by atoms with Crippen LogP contribution in [-0.4, -0.2) is 29.2 Å². The third-order valence-corrected chi connectivity index (χ3v) is 4.74. The molecule has 26 heavy (non-hydrogen) atoms. The zero-order chi connectivity index (χ0) is 18.1. The van der Waals surface area contributed by atoms with Gasteiger partial charge >= 0.3 is 0 Å². The maximum absolute atomic E-state index is 12.9. The molecule has 134 valence electrons. The van der Waals surface area contributed by atoms with Crippen LogP contribution in [0.1, 0.15) is 41.1 Å². The number of aromatic nitrogens is 2. The van der Waals surface area contributed by atoms with Gasteiger partial charge in [0.25, 0.3) is 0 Å². The third-order valence-electron chi connectivity index (χ3n) is 4.74. The van der Waals surface area contributed by atoms with E-state index in [1.54, 1.807) is 13.4 Å². The summed E-state index contributed by atoms with van der Waals surface area (Å²) in [6, 6.07) is 11.5. The van der Waals surface area contributed by atoms with Crippen molar-refractivity contribution in [3.05, 3.63) is 59.7 Å². The van der Waals surface area contributed by atoms with Crippen molar-refractivity contribution in [1.82, 2.24) is 9.78 Å². The van der Waals surface area contributed by atoms with Crippen molar-refractivity contribution < 1.29 is 13.9 Å². The maximum Gasteiger partial charge on any atom is 0.169 e. The third kappa shape index (κ3) is 2.77. The fourth-order valence-corrected chi connectivity index (χ4v) is 3.52. The van der Waals surface area contributed by atoms with Crippen molar-refractivity contribution in [3.63, 3.8) is 0 Å². The summed E-state index contributed by atoms with van der Waals surface area (Å²) in [5, 5.41) is 7.91. The lowest BCUT2D eigenvalue weighted by Gasteiger charge is -2.21. The van der Waals surface area contributed by atoms with Crippen molar-refractivity contribution >= 4 is 11.6 Å². The largest absolute Gasteiger partial charge is 0.497 e. The second-order valence-electron chi connectivity index (χ2n) is 6.35. The highest BCUT2D eigenvalue weighted by Crippen LogP contribution is 2.37. The summed E-state index contributed by atoms with van der Waals surface area (Å²) < 4.78 is 12.6. The molecule has 1 atom stereocenters. The molecule has 0 fully saturated rings. The van der Waals surface area contributed by atoms with E-state index in [0.717, 1.165) is 22.9 Å². The van der Waals surface area contributed by atoms with Crippen LogP contribution >= 0.6 is 0 Å². The summed E-state index contributed by atoms with van der Waals surface area (Å²) in [4.78, 5) is 12.9. The van der Waals surface area contributed by atoms with Crippen LogP contribution in [0, 0.1) is 0 Å². The van der Waals surface area contributed by atoms with Crippen molar-refractivity contribution in [3.8, 4) is 11.4 Å². The SMILES string of the molecule is CCNc1nn(-c2ccc(OC)cc2)c2c1C(=O)CC(c1ccco1)C2. The van der Waals surface area contributed by atoms with Crippen LogP contribution in [0.15, 0.2) is 47.1 Å². The van der Waals surface area contributed by atoms with E-state index in [0.29, 0.717) is 30.8 Å². The van der Waals surface area contributed by atoms with Crippen LogP contribution in [0.3, 0.4) is 0 Å². The Morgan fingerprint density at radius 3 is 2.73 bits per heavy atom. The first-order valence-electron chi connectivity index (χ1n) is 8.78. The molecule has 1 aromatic carbocycles. The van der Waals surface area contributed by atoms with Gasteiger partial charge in [-0.15, -0.1) is 5.10 Å². The zero-order valence-electron chi connectivity index (χ0n) is 14.9. The average molecular weight is 351 g/mol. The van der Waals surface area contributed by atoms with Gasteiger partial charge in [0.1, 0.15) is 11.5 Å². The summed E-state index contributed by atoms with van der Waals surface area (Å²) >= 11 is 0. The standard InChI is InChI=1S/C20H21N3O3/c1-3-21-20-19-16(11-13(12-17(19)24)18-5-4-10-26-18)23(22-20)14-6-8-15(25-2)9-7-14/h4-10,13H,3,11-12H2,1-2H3,(H,21,22). The molecule has 2 heterocycles. The smallest absolute Gasteiger partial charge is 0.169 e. The molecule has 1 aliphatic rings. The minimum atomic E-state index is 0.0353. The van der Waals surface area contributed by atoms with Crippen LogP contribution < -0.4 is 10.1 Å². The monoisotopic (exact) mass is 351 g/mol. The van der Waals surface area contributed by atoms with Gasteiger partial charge in [0, 0.05) is 25.3 Å². The Morgan fingerprint density at radius 2 is 2.08 bits per heavy atom. The fourth-order valence-electron chi connectivity index (χ4n) is 3.52. The normalized spacial score (nSPS) is 16.4. The van der Waals surface area contributed by atoms with E-state index < -0.39 is 0 Å². The summed E-state index contributed by atoms with van der Waals surface area (Å²) in [5.74, 6) is 2.42. The van der Waals surface area contributed by atoms with Crippen LogP contribution in [0.25, 0.3) is 5.69 Å². The van der Waals surface area contributed by atoms with Crippen LogP contribution in [-0.2, 0) is 6.42 Å². The molecule has 6 heteroatoms. The van der Waals surface area contributed by atoms with Gasteiger partial charge < -0.3 is 14.5 Å². The number of hydrogen-bond acceptors (Lipinski definition) is 5. The molecule has 0 amide bonds. The number of rotatable bonds is 5. The summed E-state index contributed by atoms with van der Waals surface area (Å²) in [6.45, 7) is 2.71. The van der Waals surface area contributed by atoms with Crippen LogP contribution in [0.5, 0.6) is 5.75 Å². The Labute approximate surface area is 151 Å². The number of benzene rings is 1. The molecule has 4 rings (SSSR count). The number of nitrogens with zero attached hydrogens (tertiary/aromatic N) is 2. The van der Waals surface area contributed by atoms with Gasteiger partial charge in [0.05, 0.1) is 30.3 Å². The van der Waals surface area contributed by atoms with Gasteiger partial charge in [-0.3, -0.25) is 4.79 Å². The number of fused-ring (bicyclic) bond motifs is 1. The lowest BCUT2D eigenvalue weighted by Crippen LogP contribution is -2.20. The lowest BCUT2D eigenvalue weighted by molar-refractivity contribution is 0.0960. The number of carbonyl (C=O) groups excluding carboxylic acids is 1. The fraction of sp³-hybridized carbons (Fsp3) is 0.300. The number of furan rings is 1. The van der Waals surface area contributed by atoms with Gasteiger partial charge in [-0.2, -0.15) is 0 Å².